The molecule has 0 radical (unpaired) electrons. The number of nitrogens with one attached hydrogen (secondary N) is 1. The summed E-state index contributed by atoms with van der Waals surface area (Å²) in [6.07, 6.45) is 0. The van der Waals surface area contributed by atoms with Crippen LogP contribution in [0.2, 0.25) is 0 Å². The summed E-state index contributed by atoms with van der Waals surface area (Å²) in [4.78, 5) is 24.5. The number of fused-ring (bicyclic) bond motifs is 1. The Morgan fingerprint density at radius 3 is 2.71 bits per heavy atom. The number of hydrogen-bond donors (Lipinski definition) is 4. The van der Waals surface area contributed by atoms with Gasteiger partial charge in [-0.2, -0.15) is 0 Å². The number of para-hydroxylation sites is 1. The summed E-state index contributed by atoms with van der Waals surface area (Å²) in [7, 11) is -2.93. The van der Waals surface area contributed by atoms with Crippen LogP contribution in [0.1, 0.15) is 16.8 Å². The smallest absolute Gasteiger partial charge is 0.336 e. The highest BCUT2D eigenvalue weighted by molar-refractivity contribution is 7.58. The van der Waals surface area contributed by atoms with Crippen LogP contribution in [0.15, 0.2) is 55.1 Å². The van der Waals surface area contributed by atoms with Crippen LogP contribution in [0.3, 0.4) is 0 Å². The average Bonchev–Trinajstić information content (AvgIpc) is 2.76. The highest BCUT2D eigenvalue weighted by atomic mass is 31.2. The highest BCUT2D eigenvalue weighted by Crippen LogP contribution is 2.49. The van der Waals surface area contributed by atoms with Gasteiger partial charge in [0, 0.05) is 17.6 Å². The average molecular weight is 461 g/mol. The molecular weight excluding hydrogens is 436 g/mol. The number of methoxy groups -OCH3 is 1. The Morgan fingerprint density at radius 1 is 1.19 bits per heavy atom. The Balaban J connectivity index is 1.87. The molecule has 0 spiro atoms. The Hall–Kier alpha value is -2.15. The standard InChI is InChI=1S/C21H25N3O5P2/c1-14-12-18(17-6-4-5-7-19(17)23-14)15(2)16-8-9-21(27-3)20(13-16)24-30(25)29-31(26)28-11-10-22/h4-9,12-13,24-26H,2,10-11,22H2,1,3H3. The molecule has 0 bridgehead atoms. The first-order valence-corrected chi connectivity index (χ1v) is 11.8. The maximum absolute atomic E-state index is 10.2. The fourth-order valence-corrected chi connectivity index (χ4v) is 4.56. The summed E-state index contributed by atoms with van der Waals surface area (Å²) in [6, 6.07) is 15.4. The zero-order valence-corrected chi connectivity index (χ0v) is 19.1. The van der Waals surface area contributed by atoms with Gasteiger partial charge in [0.15, 0.2) is 0 Å². The van der Waals surface area contributed by atoms with Crippen molar-refractivity contribution in [3.05, 3.63) is 71.9 Å². The summed E-state index contributed by atoms with van der Waals surface area (Å²) < 4.78 is 15.4. The van der Waals surface area contributed by atoms with Crippen molar-refractivity contribution in [2.24, 2.45) is 5.73 Å². The van der Waals surface area contributed by atoms with Gasteiger partial charge in [-0.3, -0.25) is 4.98 Å². The lowest BCUT2D eigenvalue weighted by atomic mass is 9.95. The third-order valence-corrected chi connectivity index (χ3v) is 6.41. The third kappa shape index (κ3) is 5.97. The summed E-state index contributed by atoms with van der Waals surface area (Å²) in [5.74, 6) is 0.502. The molecule has 3 rings (SSSR count). The zero-order chi connectivity index (χ0) is 22.4. The number of aryl methyl sites for hydroxylation is 1. The van der Waals surface area contributed by atoms with Crippen LogP contribution >= 0.6 is 17.1 Å². The number of nitrogens with zero attached hydrogens (tertiary/aromatic N) is 1. The number of hydrogen-bond acceptors (Lipinski definition) is 8. The SMILES string of the molecule is C=C(c1ccc(OC)c(NP(O)OP(O)OCCN)c1)c1cc(C)nc2ccccc12. The fraction of sp³-hybridized carbons (Fsp3) is 0.190. The van der Waals surface area contributed by atoms with Crippen LogP contribution < -0.4 is 15.6 Å². The summed E-state index contributed by atoms with van der Waals surface area (Å²) in [5, 5.41) is 3.83. The predicted octanol–water partition coefficient (Wildman–Crippen LogP) is 4.46. The molecule has 0 amide bonds. The van der Waals surface area contributed by atoms with Crippen LogP contribution in [-0.4, -0.2) is 35.0 Å². The molecule has 164 valence electrons. The molecular formula is C21H25N3O5P2. The van der Waals surface area contributed by atoms with Crippen molar-refractivity contribution in [2.45, 2.75) is 6.92 Å². The Morgan fingerprint density at radius 2 is 1.97 bits per heavy atom. The maximum Gasteiger partial charge on any atom is 0.336 e. The monoisotopic (exact) mass is 461 g/mol. The van der Waals surface area contributed by atoms with E-state index in [9.17, 15) is 9.79 Å². The van der Waals surface area contributed by atoms with Crippen molar-refractivity contribution in [3.8, 4) is 5.75 Å². The van der Waals surface area contributed by atoms with E-state index in [-0.39, 0.29) is 13.2 Å². The second-order valence-corrected chi connectivity index (χ2v) is 8.70. The van der Waals surface area contributed by atoms with Crippen LogP contribution in [0.25, 0.3) is 16.5 Å². The second-order valence-electron chi connectivity index (χ2n) is 6.55. The van der Waals surface area contributed by atoms with Crippen molar-refractivity contribution in [1.82, 2.24) is 4.98 Å². The molecule has 0 fully saturated rings. The van der Waals surface area contributed by atoms with Crippen molar-refractivity contribution in [3.63, 3.8) is 0 Å². The van der Waals surface area contributed by atoms with Gasteiger partial charge in [0.05, 0.1) is 24.9 Å². The molecule has 0 aliphatic heterocycles. The van der Waals surface area contributed by atoms with E-state index in [1.807, 2.05) is 43.3 Å². The Kier molecular flexibility index (Phi) is 8.29. The molecule has 0 saturated heterocycles. The van der Waals surface area contributed by atoms with Gasteiger partial charge in [-0.25, -0.2) is 4.31 Å². The molecule has 0 saturated carbocycles. The van der Waals surface area contributed by atoms with Gasteiger partial charge < -0.3 is 29.9 Å². The van der Waals surface area contributed by atoms with Crippen molar-refractivity contribution >= 4 is 39.3 Å². The molecule has 10 heteroatoms. The maximum atomic E-state index is 10.2. The molecule has 0 aliphatic carbocycles. The van der Waals surface area contributed by atoms with E-state index >= 15 is 0 Å². The van der Waals surface area contributed by atoms with Gasteiger partial charge in [0.1, 0.15) is 5.75 Å². The van der Waals surface area contributed by atoms with E-state index in [1.54, 1.807) is 12.1 Å². The van der Waals surface area contributed by atoms with Gasteiger partial charge in [-0.1, -0.05) is 30.8 Å². The molecule has 1 heterocycles. The van der Waals surface area contributed by atoms with E-state index in [1.165, 1.54) is 7.11 Å². The number of pyridine rings is 1. The molecule has 0 aliphatic rings. The largest absolute Gasteiger partial charge is 0.495 e. The van der Waals surface area contributed by atoms with Gasteiger partial charge in [-0.15, -0.1) is 0 Å². The van der Waals surface area contributed by atoms with Crippen LogP contribution in [0, 0.1) is 6.92 Å². The second kappa shape index (κ2) is 10.9. The summed E-state index contributed by atoms with van der Waals surface area (Å²) in [6.45, 7) is 6.60. The number of aromatic nitrogens is 1. The minimum absolute atomic E-state index is 0.128. The van der Waals surface area contributed by atoms with E-state index in [0.29, 0.717) is 11.4 Å². The zero-order valence-electron chi connectivity index (χ0n) is 17.3. The molecule has 3 aromatic rings. The quantitative estimate of drug-likeness (QED) is 0.327. The number of benzene rings is 2. The lowest BCUT2D eigenvalue weighted by molar-refractivity contribution is 0.268. The fourth-order valence-electron chi connectivity index (χ4n) is 3.04. The molecule has 2 aromatic carbocycles. The Bertz CT molecular complexity index is 1070. The summed E-state index contributed by atoms with van der Waals surface area (Å²) in [5.41, 5.74) is 10.2. The number of nitrogens with two attached hydrogens (primary N) is 1. The van der Waals surface area contributed by atoms with Crippen molar-refractivity contribution in [1.29, 1.82) is 0 Å². The predicted molar refractivity (Wildman–Crippen MR) is 126 cm³/mol. The first-order valence-electron chi connectivity index (χ1n) is 9.42. The molecule has 2 atom stereocenters. The van der Waals surface area contributed by atoms with E-state index in [4.69, 9.17) is 19.3 Å². The van der Waals surface area contributed by atoms with Gasteiger partial charge in [0.2, 0.25) is 0 Å². The number of rotatable bonds is 10. The van der Waals surface area contributed by atoms with Crippen LogP contribution in [0.5, 0.6) is 5.75 Å². The topological polar surface area (TPSA) is 119 Å². The third-order valence-electron chi connectivity index (χ3n) is 4.40. The lowest BCUT2D eigenvalue weighted by Crippen LogP contribution is -2.06. The van der Waals surface area contributed by atoms with Crippen molar-refractivity contribution < 1.29 is 23.4 Å². The first kappa shape index (κ1) is 23.5. The molecule has 5 N–H and O–H groups in total. The molecule has 2 unspecified atom stereocenters. The molecule has 8 nitrogen and oxygen atoms in total. The van der Waals surface area contributed by atoms with E-state index < -0.39 is 17.1 Å². The lowest BCUT2D eigenvalue weighted by Gasteiger charge is -2.19. The van der Waals surface area contributed by atoms with E-state index in [2.05, 4.69) is 16.7 Å². The number of anilines is 1. The normalized spacial score (nSPS) is 13.1. The summed E-state index contributed by atoms with van der Waals surface area (Å²) >= 11 is 0. The minimum Gasteiger partial charge on any atom is -0.495 e. The molecule has 31 heavy (non-hydrogen) atoms. The van der Waals surface area contributed by atoms with Gasteiger partial charge >= 0.3 is 8.60 Å². The van der Waals surface area contributed by atoms with Gasteiger partial charge in [-0.05, 0) is 47.9 Å². The van der Waals surface area contributed by atoms with Crippen LogP contribution in [0.4, 0.5) is 5.69 Å². The van der Waals surface area contributed by atoms with Crippen LogP contribution in [-0.2, 0) is 8.83 Å². The Labute approximate surface area is 183 Å². The first-order chi connectivity index (χ1) is 14.9. The number of ether oxygens (including phenoxy) is 1. The van der Waals surface area contributed by atoms with Gasteiger partial charge in [0.25, 0.3) is 8.53 Å². The van der Waals surface area contributed by atoms with E-state index in [0.717, 1.165) is 33.3 Å². The minimum atomic E-state index is -2.24. The molecule has 1 aromatic heterocycles. The highest BCUT2D eigenvalue weighted by Gasteiger charge is 2.18. The van der Waals surface area contributed by atoms with Crippen molar-refractivity contribution in [2.75, 3.05) is 25.3 Å².